The van der Waals surface area contributed by atoms with Crippen molar-refractivity contribution in [2.24, 2.45) is 0 Å². The molecule has 3 aromatic rings. The van der Waals surface area contributed by atoms with Gasteiger partial charge in [-0.1, -0.05) is 4.98 Å². The van der Waals surface area contributed by atoms with E-state index in [0.717, 1.165) is 5.52 Å². The van der Waals surface area contributed by atoms with E-state index in [1.165, 1.54) is 0 Å². The second-order valence-corrected chi connectivity index (χ2v) is 3.31. The standard InChI is InChI=1S/C9H5ClN4O/c10-9-13-6(5-2-1-3-15-5)7-8(14-9)12-4-11-7/h1-4H,(H,11,12,13,14)/p+1. The fraction of sp³-hybridized carbons (Fsp3) is 0. The van der Waals surface area contributed by atoms with Crippen molar-refractivity contribution in [3.8, 4) is 11.5 Å². The van der Waals surface area contributed by atoms with Crippen LogP contribution in [0.4, 0.5) is 0 Å². The minimum atomic E-state index is 0.185. The third kappa shape index (κ3) is 1.28. The molecule has 0 fully saturated rings. The largest absolute Gasteiger partial charge is 0.463 e. The van der Waals surface area contributed by atoms with Crippen molar-refractivity contribution >= 4 is 22.8 Å². The Morgan fingerprint density at radius 1 is 1.40 bits per heavy atom. The number of imidazole rings is 1. The Kier molecular flexibility index (Phi) is 1.72. The molecule has 5 nitrogen and oxygen atoms in total. The van der Waals surface area contributed by atoms with Crippen LogP contribution < -0.4 is 4.98 Å². The van der Waals surface area contributed by atoms with E-state index in [1.807, 2.05) is 6.07 Å². The first kappa shape index (κ1) is 8.43. The van der Waals surface area contributed by atoms with E-state index in [1.54, 1.807) is 18.7 Å². The van der Waals surface area contributed by atoms with Crippen LogP contribution in [-0.4, -0.2) is 15.0 Å². The normalized spacial score (nSPS) is 11.0. The van der Waals surface area contributed by atoms with Crippen LogP contribution in [0, 0.1) is 0 Å². The van der Waals surface area contributed by atoms with Crippen molar-refractivity contribution in [2.75, 3.05) is 0 Å². The number of rotatable bonds is 1. The zero-order valence-corrected chi connectivity index (χ0v) is 8.25. The van der Waals surface area contributed by atoms with Crippen LogP contribution in [0.2, 0.25) is 5.28 Å². The highest BCUT2D eigenvalue weighted by Crippen LogP contribution is 2.24. The molecule has 0 spiro atoms. The Morgan fingerprint density at radius 3 is 3.13 bits per heavy atom. The molecular weight excluding hydrogens is 216 g/mol. The molecule has 0 unspecified atom stereocenters. The third-order valence-electron chi connectivity index (χ3n) is 2.06. The molecular formula is C9H6ClN4O+. The molecule has 6 heteroatoms. The highest BCUT2D eigenvalue weighted by atomic mass is 35.5. The number of nitrogens with zero attached hydrogens (tertiary/aromatic N) is 2. The predicted molar refractivity (Wildman–Crippen MR) is 53.2 cm³/mol. The molecule has 0 saturated heterocycles. The number of halogens is 1. The molecule has 0 saturated carbocycles. The van der Waals surface area contributed by atoms with Gasteiger partial charge in [-0.15, -0.1) is 0 Å². The number of fused-ring (bicyclic) bond motifs is 1. The maximum absolute atomic E-state index is 5.80. The van der Waals surface area contributed by atoms with Gasteiger partial charge in [0.1, 0.15) is 0 Å². The highest BCUT2D eigenvalue weighted by molar-refractivity contribution is 6.28. The number of aromatic amines is 2. The fourth-order valence-corrected chi connectivity index (χ4v) is 1.61. The molecule has 0 atom stereocenters. The van der Waals surface area contributed by atoms with Gasteiger partial charge in [0.2, 0.25) is 5.52 Å². The Bertz CT molecular complexity index is 602. The van der Waals surface area contributed by atoms with Crippen molar-refractivity contribution in [3.05, 3.63) is 30.0 Å². The van der Waals surface area contributed by atoms with E-state index >= 15 is 0 Å². The van der Waals surface area contributed by atoms with Gasteiger partial charge in [-0.25, -0.2) is 4.98 Å². The average Bonchev–Trinajstić information content (AvgIpc) is 2.86. The van der Waals surface area contributed by atoms with Crippen molar-refractivity contribution in [2.45, 2.75) is 0 Å². The lowest BCUT2D eigenvalue weighted by molar-refractivity contribution is -0.347. The number of aromatic nitrogens is 4. The molecule has 0 aliphatic heterocycles. The lowest BCUT2D eigenvalue weighted by Gasteiger charge is -1.93. The Morgan fingerprint density at radius 2 is 2.33 bits per heavy atom. The molecule has 0 amide bonds. The monoisotopic (exact) mass is 221 g/mol. The topological polar surface area (TPSA) is 68.8 Å². The SMILES string of the molecule is Clc1nc(-c2ccco2)c2[nH]c[nH+]c2n1. The van der Waals surface area contributed by atoms with E-state index in [4.69, 9.17) is 16.0 Å². The van der Waals surface area contributed by atoms with Gasteiger partial charge >= 0.3 is 5.65 Å². The van der Waals surface area contributed by atoms with Gasteiger partial charge in [-0.2, -0.15) is 4.98 Å². The lowest BCUT2D eigenvalue weighted by atomic mass is 10.3. The number of hydrogen-bond donors (Lipinski definition) is 1. The first-order valence-corrected chi connectivity index (χ1v) is 4.68. The minimum absolute atomic E-state index is 0.185. The average molecular weight is 222 g/mol. The van der Waals surface area contributed by atoms with Gasteiger partial charge in [-0.05, 0) is 23.7 Å². The summed E-state index contributed by atoms with van der Waals surface area (Å²) < 4.78 is 5.27. The van der Waals surface area contributed by atoms with Crippen LogP contribution in [0.5, 0.6) is 0 Å². The molecule has 0 aliphatic carbocycles. The first-order chi connectivity index (χ1) is 7.34. The van der Waals surface area contributed by atoms with E-state index in [-0.39, 0.29) is 5.28 Å². The molecule has 74 valence electrons. The summed E-state index contributed by atoms with van der Waals surface area (Å²) in [4.78, 5) is 14.1. The third-order valence-corrected chi connectivity index (χ3v) is 2.23. The predicted octanol–water partition coefficient (Wildman–Crippen LogP) is 1.69. The summed E-state index contributed by atoms with van der Waals surface area (Å²) in [5, 5.41) is 0.185. The van der Waals surface area contributed by atoms with Crippen molar-refractivity contribution < 1.29 is 9.40 Å². The molecule has 0 aromatic carbocycles. The summed E-state index contributed by atoms with van der Waals surface area (Å²) in [5.74, 6) is 0.653. The van der Waals surface area contributed by atoms with Gasteiger partial charge in [0.05, 0.1) is 6.26 Å². The van der Waals surface area contributed by atoms with Crippen LogP contribution in [0.3, 0.4) is 0 Å². The number of hydrogen-bond acceptors (Lipinski definition) is 3. The van der Waals surface area contributed by atoms with Crippen LogP contribution in [-0.2, 0) is 0 Å². The maximum Gasteiger partial charge on any atom is 0.305 e. The van der Waals surface area contributed by atoms with Gasteiger partial charge in [0.15, 0.2) is 17.8 Å². The molecule has 3 heterocycles. The Labute approximate surface area is 89.1 Å². The van der Waals surface area contributed by atoms with Crippen LogP contribution in [0.25, 0.3) is 22.6 Å². The summed E-state index contributed by atoms with van der Waals surface area (Å²) in [6.45, 7) is 0. The lowest BCUT2D eigenvalue weighted by Crippen LogP contribution is -1.99. The van der Waals surface area contributed by atoms with E-state index in [2.05, 4.69) is 19.9 Å². The quantitative estimate of drug-likeness (QED) is 0.636. The minimum Gasteiger partial charge on any atom is -0.463 e. The van der Waals surface area contributed by atoms with Gasteiger partial charge in [0.25, 0.3) is 5.28 Å². The van der Waals surface area contributed by atoms with Crippen molar-refractivity contribution in [3.63, 3.8) is 0 Å². The highest BCUT2D eigenvalue weighted by Gasteiger charge is 2.17. The zero-order valence-electron chi connectivity index (χ0n) is 7.49. The van der Waals surface area contributed by atoms with Crippen LogP contribution >= 0.6 is 11.6 Å². The fourth-order valence-electron chi connectivity index (χ4n) is 1.44. The van der Waals surface area contributed by atoms with Gasteiger partial charge < -0.3 is 4.42 Å². The second-order valence-electron chi connectivity index (χ2n) is 2.98. The van der Waals surface area contributed by atoms with Crippen LogP contribution in [0.1, 0.15) is 0 Å². The van der Waals surface area contributed by atoms with E-state index in [9.17, 15) is 0 Å². The summed E-state index contributed by atoms with van der Waals surface area (Å²) in [5.41, 5.74) is 2.08. The number of furan rings is 1. The van der Waals surface area contributed by atoms with E-state index < -0.39 is 0 Å². The van der Waals surface area contributed by atoms with E-state index in [0.29, 0.717) is 17.1 Å². The van der Waals surface area contributed by atoms with Crippen molar-refractivity contribution in [1.29, 1.82) is 0 Å². The molecule has 0 radical (unpaired) electrons. The molecule has 2 N–H and O–H groups in total. The summed E-state index contributed by atoms with van der Waals surface area (Å²) in [6, 6.07) is 3.61. The molecule has 15 heavy (non-hydrogen) atoms. The maximum atomic E-state index is 5.80. The number of H-pyrrole nitrogens is 2. The summed E-state index contributed by atoms with van der Waals surface area (Å²) >= 11 is 5.80. The molecule has 0 bridgehead atoms. The second kappa shape index (κ2) is 3.06. The number of nitrogens with one attached hydrogen (secondary N) is 2. The molecule has 0 aliphatic rings. The van der Waals surface area contributed by atoms with Gasteiger partial charge in [-0.3, -0.25) is 4.98 Å². The van der Waals surface area contributed by atoms with Gasteiger partial charge in [0, 0.05) is 0 Å². The Balaban J connectivity index is 2.38. The summed E-state index contributed by atoms with van der Waals surface area (Å²) in [7, 11) is 0. The molecule has 3 rings (SSSR count). The van der Waals surface area contributed by atoms with Crippen molar-refractivity contribution in [1.82, 2.24) is 15.0 Å². The first-order valence-electron chi connectivity index (χ1n) is 4.31. The smallest absolute Gasteiger partial charge is 0.305 e. The summed E-state index contributed by atoms with van der Waals surface area (Å²) in [6.07, 6.45) is 3.26. The van der Waals surface area contributed by atoms with Crippen LogP contribution in [0.15, 0.2) is 29.1 Å². The molecule has 3 aromatic heterocycles. The Hall–Kier alpha value is -1.88. The zero-order chi connectivity index (χ0) is 10.3.